The van der Waals surface area contributed by atoms with E-state index in [0.717, 1.165) is 24.1 Å². The molecule has 1 aromatic heterocycles. The molecule has 0 aliphatic carbocycles. The number of hydrogen-bond donors (Lipinski definition) is 1. The molecule has 0 aromatic carbocycles. The molecule has 0 unspecified atom stereocenters. The maximum atomic E-state index is 5.70. The van der Waals surface area contributed by atoms with Gasteiger partial charge in [0.05, 0.1) is 0 Å². The van der Waals surface area contributed by atoms with Crippen LogP contribution in [0.1, 0.15) is 24.6 Å². The topological polar surface area (TPSA) is 38.9 Å². The van der Waals surface area contributed by atoms with Crippen LogP contribution in [0.3, 0.4) is 0 Å². The Balaban J connectivity index is 2.90. The van der Waals surface area contributed by atoms with E-state index < -0.39 is 0 Å². The van der Waals surface area contributed by atoms with Gasteiger partial charge in [0.25, 0.3) is 0 Å². The van der Waals surface area contributed by atoms with Crippen LogP contribution in [0, 0.1) is 6.92 Å². The number of nitrogen functional groups attached to an aromatic ring is 1. The predicted octanol–water partition coefficient (Wildman–Crippen LogP) is 1.92. The van der Waals surface area contributed by atoms with Crippen molar-refractivity contribution in [2.75, 3.05) is 5.73 Å². The highest BCUT2D eigenvalue weighted by Crippen LogP contribution is 2.10. The molecule has 0 spiro atoms. The minimum absolute atomic E-state index is 0.687. The van der Waals surface area contributed by atoms with Crippen LogP contribution in [0.5, 0.6) is 0 Å². The number of aryl methyl sites for hydroxylation is 2. The van der Waals surface area contributed by atoms with Gasteiger partial charge in [-0.25, -0.2) is 4.98 Å². The first-order chi connectivity index (χ1) is 5.24. The summed E-state index contributed by atoms with van der Waals surface area (Å²) in [4.78, 5) is 4.17. The lowest BCUT2D eigenvalue weighted by Crippen LogP contribution is -1.98. The molecule has 0 amide bonds. The molecular formula is C9H14N2. The maximum absolute atomic E-state index is 5.70. The molecule has 0 aliphatic heterocycles. The van der Waals surface area contributed by atoms with Gasteiger partial charge in [-0.15, -0.1) is 0 Å². The molecule has 0 saturated carbocycles. The zero-order valence-corrected chi connectivity index (χ0v) is 7.09. The molecule has 2 nitrogen and oxygen atoms in total. The minimum Gasteiger partial charge on any atom is -0.383 e. The molecule has 0 bridgehead atoms. The van der Waals surface area contributed by atoms with Crippen LogP contribution in [0.25, 0.3) is 0 Å². The third-order valence-corrected chi connectivity index (χ3v) is 1.67. The lowest BCUT2D eigenvalue weighted by Gasteiger charge is -2.02. The van der Waals surface area contributed by atoms with Gasteiger partial charge in [0, 0.05) is 5.69 Å². The number of nitrogens with two attached hydrogens (primary N) is 1. The first-order valence-electron chi connectivity index (χ1n) is 3.96. The molecule has 0 fully saturated rings. The van der Waals surface area contributed by atoms with Gasteiger partial charge in [0.15, 0.2) is 0 Å². The summed E-state index contributed by atoms with van der Waals surface area (Å²) in [5, 5.41) is 0. The second-order valence-electron chi connectivity index (χ2n) is 2.75. The smallest absolute Gasteiger partial charge is 0.126 e. The number of nitrogens with zero attached hydrogens (tertiary/aromatic N) is 1. The number of anilines is 1. The Morgan fingerprint density at radius 3 is 2.73 bits per heavy atom. The van der Waals surface area contributed by atoms with Gasteiger partial charge in [-0.1, -0.05) is 19.4 Å². The molecule has 0 atom stereocenters. The Bertz CT molecular complexity index is 243. The van der Waals surface area contributed by atoms with Crippen molar-refractivity contribution in [3.63, 3.8) is 0 Å². The fourth-order valence-electron chi connectivity index (χ4n) is 1.09. The number of aromatic nitrogens is 1. The van der Waals surface area contributed by atoms with Crippen LogP contribution < -0.4 is 5.73 Å². The van der Waals surface area contributed by atoms with E-state index in [1.54, 1.807) is 0 Å². The van der Waals surface area contributed by atoms with Crippen LogP contribution in [-0.2, 0) is 6.42 Å². The van der Waals surface area contributed by atoms with E-state index in [0.29, 0.717) is 5.82 Å². The molecule has 0 radical (unpaired) electrons. The first kappa shape index (κ1) is 8.05. The maximum Gasteiger partial charge on any atom is 0.126 e. The highest BCUT2D eigenvalue weighted by atomic mass is 14.8. The van der Waals surface area contributed by atoms with Gasteiger partial charge in [-0.3, -0.25) is 0 Å². The van der Waals surface area contributed by atoms with Crippen molar-refractivity contribution in [1.29, 1.82) is 0 Å². The predicted molar refractivity (Wildman–Crippen MR) is 47.4 cm³/mol. The third-order valence-electron chi connectivity index (χ3n) is 1.67. The molecule has 0 aliphatic rings. The van der Waals surface area contributed by atoms with E-state index in [1.165, 1.54) is 0 Å². The summed E-state index contributed by atoms with van der Waals surface area (Å²) in [6.07, 6.45) is 2.15. The fraction of sp³-hybridized carbons (Fsp3) is 0.444. The van der Waals surface area contributed by atoms with Gasteiger partial charge < -0.3 is 5.73 Å². The van der Waals surface area contributed by atoms with Crippen LogP contribution in [0.4, 0.5) is 5.82 Å². The summed E-state index contributed by atoms with van der Waals surface area (Å²) < 4.78 is 0. The number of hydrogen-bond acceptors (Lipinski definition) is 2. The zero-order valence-electron chi connectivity index (χ0n) is 7.09. The monoisotopic (exact) mass is 150 g/mol. The zero-order chi connectivity index (χ0) is 8.27. The Labute approximate surface area is 67.5 Å². The molecule has 2 heteroatoms. The summed E-state index contributed by atoms with van der Waals surface area (Å²) in [5.41, 5.74) is 7.85. The second kappa shape index (κ2) is 3.37. The quantitative estimate of drug-likeness (QED) is 0.699. The van der Waals surface area contributed by atoms with Gasteiger partial charge in [-0.05, 0) is 25.0 Å². The largest absolute Gasteiger partial charge is 0.383 e. The normalized spacial score (nSPS) is 10.0. The summed E-state index contributed by atoms with van der Waals surface area (Å²) in [5.74, 6) is 0.687. The Kier molecular flexibility index (Phi) is 2.47. The first-order valence-corrected chi connectivity index (χ1v) is 3.96. The summed E-state index contributed by atoms with van der Waals surface area (Å²) >= 11 is 0. The van der Waals surface area contributed by atoms with Crippen molar-refractivity contribution < 1.29 is 0 Å². The molecule has 60 valence electrons. The standard InChI is InChI=1S/C9H14N2/c1-3-4-8-6-5-7(2)11-9(8)10/h5-6H,3-4H2,1-2H3,(H2,10,11). The highest BCUT2D eigenvalue weighted by molar-refractivity contribution is 5.39. The second-order valence-corrected chi connectivity index (χ2v) is 2.75. The van der Waals surface area contributed by atoms with E-state index in [4.69, 9.17) is 5.73 Å². The lowest BCUT2D eigenvalue weighted by molar-refractivity contribution is 0.915. The Hall–Kier alpha value is -1.05. The van der Waals surface area contributed by atoms with Crippen molar-refractivity contribution in [2.45, 2.75) is 26.7 Å². The Morgan fingerprint density at radius 2 is 2.18 bits per heavy atom. The van der Waals surface area contributed by atoms with Gasteiger partial charge in [-0.2, -0.15) is 0 Å². The van der Waals surface area contributed by atoms with Gasteiger partial charge >= 0.3 is 0 Å². The molecule has 1 rings (SSSR count). The highest BCUT2D eigenvalue weighted by Gasteiger charge is 1.97. The van der Waals surface area contributed by atoms with E-state index >= 15 is 0 Å². The van der Waals surface area contributed by atoms with Gasteiger partial charge in [0.2, 0.25) is 0 Å². The molecule has 1 aromatic rings. The van der Waals surface area contributed by atoms with Crippen molar-refractivity contribution in [2.24, 2.45) is 0 Å². The fourth-order valence-corrected chi connectivity index (χ4v) is 1.09. The van der Waals surface area contributed by atoms with Crippen molar-refractivity contribution in [1.82, 2.24) is 4.98 Å². The van der Waals surface area contributed by atoms with E-state index in [-0.39, 0.29) is 0 Å². The molecule has 2 N–H and O–H groups in total. The average Bonchev–Trinajstić information content (AvgIpc) is 1.95. The molecule has 11 heavy (non-hydrogen) atoms. The third kappa shape index (κ3) is 1.93. The van der Waals surface area contributed by atoms with E-state index in [1.807, 2.05) is 13.0 Å². The van der Waals surface area contributed by atoms with Crippen LogP contribution >= 0.6 is 0 Å². The lowest BCUT2D eigenvalue weighted by atomic mass is 10.1. The summed E-state index contributed by atoms with van der Waals surface area (Å²) in [6, 6.07) is 4.06. The van der Waals surface area contributed by atoms with Crippen molar-refractivity contribution >= 4 is 5.82 Å². The van der Waals surface area contributed by atoms with Crippen LogP contribution in [0.15, 0.2) is 12.1 Å². The Morgan fingerprint density at radius 1 is 1.45 bits per heavy atom. The number of pyridine rings is 1. The van der Waals surface area contributed by atoms with Gasteiger partial charge in [0.1, 0.15) is 5.82 Å². The number of rotatable bonds is 2. The van der Waals surface area contributed by atoms with E-state index in [9.17, 15) is 0 Å². The molecule has 0 saturated heterocycles. The van der Waals surface area contributed by atoms with E-state index in [2.05, 4.69) is 18.0 Å². The summed E-state index contributed by atoms with van der Waals surface area (Å²) in [6.45, 7) is 4.09. The minimum atomic E-state index is 0.687. The van der Waals surface area contributed by atoms with Crippen LogP contribution in [0.2, 0.25) is 0 Å². The van der Waals surface area contributed by atoms with Crippen molar-refractivity contribution in [3.05, 3.63) is 23.4 Å². The summed E-state index contributed by atoms with van der Waals surface area (Å²) in [7, 11) is 0. The molecular weight excluding hydrogens is 136 g/mol. The van der Waals surface area contributed by atoms with Crippen molar-refractivity contribution in [3.8, 4) is 0 Å². The van der Waals surface area contributed by atoms with Crippen LogP contribution in [-0.4, -0.2) is 4.98 Å². The average molecular weight is 150 g/mol. The molecule has 1 heterocycles. The SMILES string of the molecule is CCCc1ccc(C)nc1N.